The lowest BCUT2D eigenvalue weighted by Gasteiger charge is -2.20. The summed E-state index contributed by atoms with van der Waals surface area (Å²) in [4.78, 5) is 16.0. The number of hydrogen-bond donors (Lipinski definition) is 1. The molecular formula is C18H29N3O2. The van der Waals surface area contributed by atoms with Crippen molar-refractivity contribution in [1.82, 2.24) is 14.9 Å². The monoisotopic (exact) mass is 319 g/mol. The number of nitrogens with zero attached hydrogens (tertiary/aromatic N) is 2. The van der Waals surface area contributed by atoms with Crippen molar-refractivity contribution in [2.45, 2.75) is 65.0 Å². The average molecular weight is 319 g/mol. The van der Waals surface area contributed by atoms with Gasteiger partial charge in [-0.05, 0) is 64.2 Å². The Morgan fingerprint density at radius 2 is 2.00 bits per heavy atom. The van der Waals surface area contributed by atoms with Gasteiger partial charge in [0.25, 0.3) is 0 Å². The largest absolute Gasteiger partial charge is 0.444 e. The van der Waals surface area contributed by atoms with Crippen LogP contribution in [-0.4, -0.2) is 27.8 Å². The first-order chi connectivity index (χ1) is 10.9. The Morgan fingerprint density at radius 3 is 2.57 bits per heavy atom. The van der Waals surface area contributed by atoms with E-state index in [0.29, 0.717) is 6.54 Å². The van der Waals surface area contributed by atoms with Crippen LogP contribution in [0.2, 0.25) is 0 Å². The second kappa shape index (κ2) is 6.54. The molecule has 5 heteroatoms. The lowest BCUT2D eigenvalue weighted by Crippen LogP contribution is -2.33. The molecule has 1 amide bonds. The molecule has 2 fully saturated rings. The normalized spacial score (nSPS) is 18.3. The van der Waals surface area contributed by atoms with Crippen LogP contribution >= 0.6 is 0 Å². The topological polar surface area (TPSA) is 56.1 Å². The predicted octanol–water partition coefficient (Wildman–Crippen LogP) is 3.39. The molecule has 0 aromatic carbocycles. The zero-order valence-electron chi connectivity index (χ0n) is 14.5. The number of nitrogens with one attached hydrogen (secondary N) is 1. The standard InChI is InChI=1S/C18H29N3O2/c1-18(2,3)23-17(22)20-9-8-15-10-19-12-21(15)11-16(13-4-5-13)14-6-7-14/h10,12-14,16H,4-9,11H2,1-3H3,(H,20,22). The molecule has 0 radical (unpaired) electrons. The Hall–Kier alpha value is -1.52. The zero-order valence-corrected chi connectivity index (χ0v) is 14.5. The molecule has 0 aliphatic heterocycles. The summed E-state index contributed by atoms with van der Waals surface area (Å²) in [5, 5.41) is 2.83. The first-order valence-electron chi connectivity index (χ1n) is 8.88. The number of ether oxygens (including phenoxy) is 1. The second-order valence-electron chi connectivity index (χ2n) is 8.05. The van der Waals surface area contributed by atoms with E-state index in [1.807, 2.05) is 33.3 Å². The Balaban J connectivity index is 1.47. The van der Waals surface area contributed by atoms with Gasteiger partial charge in [-0.15, -0.1) is 0 Å². The number of hydrogen-bond acceptors (Lipinski definition) is 3. The molecule has 0 spiro atoms. The van der Waals surface area contributed by atoms with Gasteiger partial charge in [0.15, 0.2) is 0 Å². The summed E-state index contributed by atoms with van der Waals surface area (Å²) in [6.45, 7) is 7.29. The molecule has 3 rings (SSSR count). The van der Waals surface area contributed by atoms with Crippen molar-refractivity contribution in [3.8, 4) is 0 Å². The molecule has 0 bridgehead atoms. The molecular weight excluding hydrogens is 290 g/mol. The number of amides is 1. The van der Waals surface area contributed by atoms with Gasteiger partial charge in [-0.25, -0.2) is 9.78 Å². The van der Waals surface area contributed by atoms with E-state index in [2.05, 4.69) is 14.9 Å². The number of aromatic nitrogens is 2. The van der Waals surface area contributed by atoms with Gasteiger partial charge < -0.3 is 14.6 Å². The van der Waals surface area contributed by atoms with E-state index in [-0.39, 0.29) is 6.09 Å². The molecule has 0 saturated heterocycles. The number of imidazole rings is 1. The average Bonchev–Trinajstić information content (AvgIpc) is 3.35. The predicted molar refractivity (Wildman–Crippen MR) is 89.1 cm³/mol. The van der Waals surface area contributed by atoms with E-state index in [1.165, 1.54) is 31.4 Å². The quantitative estimate of drug-likeness (QED) is 0.838. The van der Waals surface area contributed by atoms with Gasteiger partial charge in [0.2, 0.25) is 0 Å². The summed E-state index contributed by atoms with van der Waals surface area (Å²) in [6, 6.07) is 0. The van der Waals surface area contributed by atoms with E-state index in [9.17, 15) is 4.79 Å². The van der Waals surface area contributed by atoms with Gasteiger partial charge in [0.1, 0.15) is 5.60 Å². The summed E-state index contributed by atoms with van der Waals surface area (Å²) < 4.78 is 7.55. The third-order valence-electron chi connectivity index (χ3n) is 4.71. The lowest BCUT2D eigenvalue weighted by molar-refractivity contribution is 0.0528. The highest BCUT2D eigenvalue weighted by Crippen LogP contribution is 2.49. The van der Waals surface area contributed by atoms with Crippen molar-refractivity contribution in [3.05, 3.63) is 18.2 Å². The van der Waals surface area contributed by atoms with Gasteiger partial charge in [-0.2, -0.15) is 0 Å². The minimum atomic E-state index is -0.451. The Kier molecular flexibility index (Phi) is 4.64. The van der Waals surface area contributed by atoms with Crippen molar-refractivity contribution in [1.29, 1.82) is 0 Å². The lowest BCUT2D eigenvalue weighted by atomic mass is 9.98. The molecule has 0 unspecified atom stereocenters. The van der Waals surface area contributed by atoms with Gasteiger partial charge in [-0.1, -0.05) is 0 Å². The Labute approximate surface area is 138 Å². The fourth-order valence-corrected chi connectivity index (χ4v) is 3.29. The van der Waals surface area contributed by atoms with Gasteiger partial charge >= 0.3 is 6.09 Å². The molecule has 23 heavy (non-hydrogen) atoms. The molecule has 2 aliphatic rings. The van der Waals surface area contributed by atoms with Crippen LogP contribution < -0.4 is 5.32 Å². The maximum absolute atomic E-state index is 11.7. The molecule has 1 aromatic heterocycles. The second-order valence-corrected chi connectivity index (χ2v) is 8.05. The van der Waals surface area contributed by atoms with Crippen LogP contribution in [0.1, 0.15) is 52.1 Å². The molecule has 1 aromatic rings. The zero-order chi connectivity index (χ0) is 16.4. The molecule has 1 heterocycles. The fraction of sp³-hybridized carbons (Fsp3) is 0.778. The van der Waals surface area contributed by atoms with Crippen molar-refractivity contribution in [3.63, 3.8) is 0 Å². The third-order valence-corrected chi connectivity index (χ3v) is 4.71. The summed E-state index contributed by atoms with van der Waals surface area (Å²) in [6.07, 6.45) is 9.95. The first kappa shape index (κ1) is 16.3. The van der Waals surface area contributed by atoms with Gasteiger partial charge in [-0.3, -0.25) is 0 Å². The highest BCUT2D eigenvalue weighted by Gasteiger charge is 2.41. The molecule has 128 valence electrons. The molecule has 2 aliphatic carbocycles. The van der Waals surface area contributed by atoms with Gasteiger partial charge in [0.05, 0.1) is 6.33 Å². The van der Waals surface area contributed by atoms with Crippen LogP contribution in [0.5, 0.6) is 0 Å². The summed E-state index contributed by atoms with van der Waals surface area (Å²) >= 11 is 0. The molecule has 0 atom stereocenters. The smallest absolute Gasteiger partial charge is 0.407 e. The van der Waals surface area contributed by atoms with E-state index in [0.717, 1.165) is 30.7 Å². The summed E-state index contributed by atoms with van der Waals surface area (Å²) in [7, 11) is 0. The van der Waals surface area contributed by atoms with E-state index in [4.69, 9.17) is 4.74 Å². The van der Waals surface area contributed by atoms with E-state index >= 15 is 0 Å². The first-order valence-corrected chi connectivity index (χ1v) is 8.88. The van der Waals surface area contributed by atoms with E-state index in [1.54, 1.807) is 0 Å². The molecule has 2 saturated carbocycles. The SMILES string of the molecule is CC(C)(C)OC(=O)NCCc1cncn1CC(C1CC1)C1CC1. The minimum absolute atomic E-state index is 0.350. The fourth-order valence-electron chi connectivity index (χ4n) is 3.29. The van der Waals surface area contributed by atoms with Crippen LogP contribution in [-0.2, 0) is 17.7 Å². The van der Waals surface area contributed by atoms with Crippen molar-refractivity contribution >= 4 is 6.09 Å². The van der Waals surface area contributed by atoms with Crippen LogP contribution in [0.25, 0.3) is 0 Å². The minimum Gasteiger partial charge on any atom is -0.444 e. The summed E-state index contributed by atoms with van der Waals surface area (Å²) in [5.74, 6) is 2.72. The molecule has 5 nitrogen and oxygen atoms in total. The molecule has 1 N–H and O–H groups in total. The summed E-state index contributed by atoms with van der Waals surface area (Å²) in [5.41, 5.74) is 0.750. The number of rotatable bonds is 7. The van der Waals surface area contributed by atoms with Gasteiger partial charge in [0, 0.05) is 31.4 Å². The highest BCUT2D eigenvalue weighted by molar-refractivity contribution is 5.67. The van der Waals surface area contributed by atoms with Crippen LogP contribution in [0, 0.1) is 17.8 Å². The number of alkyl carbamates (subject to hydrolysis) is 1. The van der Waals surface area contributed by atoms with Crippen molar-refractivity contribution < 1.29 is 9.53 Å². The van der Waals surface area contributed by atoms with Crippen LogP contribution in [0.4, 0.5) is 4.79 Å². The van der Waals surface area contributed by atoms with Crippen LogP contribution in [0.15, 0.2) is 12.5 Å². The number of carbonyl (C=O) groups excluding carboxylic acids is 1. The number of carbonyl (C=O) groups is 1. The maximum atomic E-state index is 11.7. The maximum Gasteiger partial charge on any atom is 0.407 e. The van der Waals surface area contributed by atoms with E-state index < -0.39 is 5.60 Å². The van der Waals surface area contributed by atoms with Crippen molar-refractivity contribution in [2.24, 2.45) is 17.8 Å². The highest BCUT2D eigenvalue weighted by atomic mass is 16.6. The Morgan fingerprint density at radius 1 is 1.35 bits per heavy atom. The van der Waals surface area contributed by atoms with Crippen molar-refractivity contribution in [2.75, 3.05) is 6.54 Å². The van der Waals surface area contributed by atoms with Crippen LogP contribution in [0.3, 0.4) is 0 Å². The third kappa shape index (κ3) is 4.98. The Bertz CT molecular complexity index is 527.